The number of nitrogens with two attached hydrogens (primary N) is 1. The van der Waals surface area contributed by atoms with Gasteiger partial charge in [-0.25, -0.2) is 0 Å². The Morgan fingerprint density at radius 2 is 2.00 bits per heavy atom. The molecule has 0 saturated heterocycles. The van der Waals surface area contributed by atoms with Crippen molar-refractivity contribution in [2.24, 2.45) is 5.73 Å². The third kappa shape index (κ3) is 3.45. The SMILES string of the molecule is N[C@@H](Cc1cc(O)ccc1O)C(=O)O.O. The van der Waals surface area contributed by atoms with Crippen LogP contribution in [0.25, 0.3) is 0 Å². The van der Waals surface area contributed by atoms with Crippen LogP contribution in [0.15, 0.2) is 18.2 Å². The number of phenols is 2. The second kappa shape index (κ2) is 5.18. The van der Waals surface area contributed by atoms with E-state index >= 15 is 0 Å². The number of carboxylic acid groups (broad SMARTS) is 1. The van der Waals surface area contributed by atoms with E-state index in [4.69, 9.17) is 15.9 Å². The normalized spacial score (nSPS) is 11.5. The summed E-state index contributed by atoms with van der Waals surface area (Å²) in [7, 11) is 0. The molecule has 1 atom stereocenters. The predicted molar refractivity (Wildman–Crippen MR) is 52.7 cm³/mol. The molecule has 0 aliphatic rings. The van der Waals surface area contributed by atoms with Gasteiger partial charge in [0.1, 0.15) is 17.5 Å². The second-order valence-electron chi connectivity index (χ2n) is 2.96. The molecule has 0 saturated carbocycles. The lowest BCUT2D eigenvalue weighted by atomic mass is 10.1. The number of aromatic hydroxyl groups is 2. The van der Waals surface area contributed by atoms with Crippen molar-refractivity contribution in [3.8, 4) is 11.5 Å². The van der Waals surface area contributed by atoms with Crippen LogP contribution in [0.5, 0.6) is 11.5 Å². The van der Waals surface area contributed by atoms with Crippen molar-refractivity contribution >= 4 is 5.97 Å². The van der Waals surface area contributed by atoms with Gasteiger partial charge in [0, 0.05) is 6.42 Å². The van der Waals surface area contributed by atoms with Crippen molar-refractivity contribution < 1.29 is 25.6 Å². The molecule has 1 rings (SSSR count). The van der Waals surface area contributed by atoms with Crippen LogP contribution < -0.4 is 5.73 Å². The highest BCUT2D eigenvalue weighted by Gasteiger charge is 2.14. The monoisotopic (exact) mass is 215 g/mol. The lowest BCUT2D eigenvalue weighted by Gasteiger charge is -2.08. The number of hydrogen-bond donors (Lipinski definition) is 4. The van der Waals surface area contributed by atoms with Crippen LogP contribution in [0.1, 0.15) is 5.56 Å². The minimum atomic E-state index is -1.15. The lowest BCUT2D eigenvalue weighted by molar-refractivity contribution is -0.138. The molecule has 1 aromatic carbocycles. The number of hydrogen-bond acceptors (Lipinski definition) is 4. The summed E-state index contributed by atoms with van der Waals surface area (Å²) in [5, 5.41) is 26.9. The molecule has 0 bridgehead atoms. The zero-order chi connectivity index (χ0) is 10.7. The van der Waals surface area contributed by atoms with Crippen molar-refractivity contribution in [1.82, 2.24) is 0 Å². The third-order valence-electron chi connectivity index (χ3n) is 1.82. The molecule has 6 heteroatoms. The highest BCUT2D eigenvalue weighted by atomic mass is 16.4. The van der Waals surface area contributed by atoms with Crippen molar-refractivity contribution in [3.05, 3.63) is 23.8 Å². The van der Waals surface area contributed by atoms with Crippen molar-refractivity contribution in [3.63, 3.8) is 0 Å². The predicted octanol–water partition coefficient (Wildman–Crippen LogP) is -0.773. The second-order valence-corrected chi connectivity index (χ2v) is 2.96. The van der Waals surface area contributed by atoms with E-state index in [-0.39, 0.29) is 23.4 Å². The molecule has 6 nitrogen and oxygen atoms in total. The van der Waals surface area contributed by atoms with Gasteiger partial charge in [-0.1, -0.05) is 0 Å². The first kappa shape index (κ1) is 13.2. The van der Waals surface area contributed by atoms with Crippen LogP contribution in [-0.2, 0) is 11.2 Å². The Morgan fingerprint density at radius 3 is 2.53 bits per heavy atom. The summed E-state index contributed by atoms with van der Waals surface area (Å²) in [6.45, 7) is 0. The van der Waals surface area contributed by atoms with Crippen LogP contribution >= 0.6 is 0 Å². The van der Waals surface area contributed by atoms with Gasteiger partial charge in [-0.3, -0.25) is 4.79 Å². The van der Waals surface area contributed by atoms with Gasteiger partial charge in [0.15, 0.2) is 0 Å². The molecule has 1 aromatic rings. The molecule has 7 N–H and O–H groups in total. The first-order valence-corrected chi connectivity index (χ1v) is 4.00. The van der Waals surface area contributed by atoms with E-state index in [2.05, 4.69) is 0 Å². The molecule has 0 spiro atoms. The molecule has 0 aliphatic heterocycles. The highest BCUT2D eigenvalue weighted by Crippen LogP contribution is 2.22. The van der Waals surface area contributed by atoms with E-state index in [9.17, 15) is 9.90 Å². The Morgan fingerprint density at radius 1 is 1.40 bits per heavy atom. The quantitative estimate of drug-likeness (QED) is 0.491. The first-order valence-electron chi connectivity index (χ1n) is 4.00. The summed E-state index contributed by atoms with van der Waals surface area (Å²) in [5.41, 5.74) is 5.59. The van der Waals surface area contributed by atoms with Crippen LogP contribution in [-0.4, -0.2) is 32.8 Å². The minimum Gasteiger partial charge on any atom is -0.508 e. The van der Waals surface area contributed by atoms with Gasteiger partial charge in [-0.15, -0.1) is 0 Å². The summed E-state index contributed by atoms with van der Waals surface area (Å²) >= 11 is 0. The molecule has 0 amide bonds. The van der Waals surface area contributed by atoms with Crippen LogP contribution in [0, 0.1) is 0 Å². The summed E-state index contributed by atoms with van der Waals surface area (Å²) < 4.78 is 0. The molecular formula is C9H13NO5. The van der Waals surface area contributed by atoms with Gasteiger partial charge >= 0.3 is 5.97 Å². The van der Waals surface area contributed by atoms with E-state index in [1.165, 1.54) is 18.2 Å². The maximum Gasteiger partial charge on any atom is 0.320 e. The lowest BCUT2D eigenvalue weighted by Crippen LogP contribution is -2.32. The van der Waals surface area contributed by atoms with Gasteiger partial charge in [-0.05, 0) is 23.8 Å². The molecule has 0 aliphatic carbocycles. The zero-order valence-electron chi connectivity index (χ0n) is 7.84. The molecule has 0 radical (unpaired) electrons. The number of rotatable bonds is 3. The van der Waals surface area contributed by atoms with Crippen LogP contribution in [0.2, 0.25) is 0 Å². The molecule has 0 aromatic heterocycles. The molecule has 0 heterocycles. The van der Waals surface area contributed by atoms with E-state index in [0.29, 0.717) is 5.56 Å². The van der Waals surface area contributed by atoms with Crippen molar-refractivity contribution in [2.45, 2.75) is 12.5 Å². The first-order chi connectivity index (χ1) is 6.50. The minimum absolute atomic E-state index is 0. The van der Waals surface area contributed by atoms with Gasteiger partial charge in [0.05, 0.1) is 0 Å². The Bertz CT molecular complexity index is 352. The fraction of sp³-hybridized carbons (Fsp3) is 0.222. The Labute approximate surface area is 85.9 Å². The van der Waals surface area contributed by atoms with Crippen LogP contribution in [0.3, 0.4) is 0 Å². The highest BCUT2D eigenvalue weighted by molar-refractivity contribution is 5.73. The summed E-state index contributed by atoms with van der Waals surface area (Å²) in [6, 6.07) is 2.81. The molecule has 0 unspecified atom stereocenters. The van der Waals surface area contributed by atoms with E-state index in [0.717, 1.165) is 0 Å². The van der Waals surface area contributed by atoms with Gasteiger partial charge in [-0.2, -0.15) is 0 Å². The molecule has 0 fully saturated rings. The average molecular weight is 215 g/mol. The Kier molecular flexibility index (Phi) is 4.56. The average Bonchev–Trinajstić information content (AvgIpc) is 2.11. The Hall–Kier alpha value is -1.79. The summed E-state index contributed by atoms with van der Waals surface area (Å²) in [5.74, 6) is -1.25. The fourth-order valence-electron chi connectivity index (χ4n) is 1.06. The summed E-state index contributed by atoms with van der Waals surface area (Å²) in [6.07, 6.45) is -0.0183. The Balaban J connectivity index is 0.00000196. The smallest absolute Gasteiger partial charge is 0.320 e. The number of phenolic OH excluding ortho intramolecular Hbond substituents is 2. The number of carboxylic acids is 1. The number of carbonyl (C=O) groups is 1. The van der Waals surface area contributed by atoms with Crippen LogP contribution in [0.4, 0.5) is 0 Å². The zero-order valence-corrected chi connectivity index (χ0v) is 7.84. The van der Waals surface area contributed by atoms with Crippen molar-refractivity contribution in [1.29, 1.82) is 0 Å². The molecule has 15 heavy (non-hydrogen) atoms. The number of benzene rings is 1. The number of aliphatic carboxylic acids is 1. The van der Waals surface area contributed by atoms with E-state index in [1.807, 2.05) is 0 Å². The third-order valence-corrected chi connectivity index (χ3v) is 1.82. The van der Waals surface area contributed by atoms with Gasteiger partial charge in [0.2, 0.25) is 0 Å². The van der Waals surface area contributed by atoms with E-state index in [1.54, 1.807) is 0 Å². The fourth-order valence-corrected chi connectivity index (χ4v) is 1.06. The standard InChI is InChI=1S/C9H11NO4.H2O/c10-7(9(13)14)4-5-3-6(11)1-2-8(5)12;/h1-3,7,11-12H,4,10H2,(H,13,14);1H2/t7-;/m0./s1. The molecule has 84 valence electrons. The van der Waals surface area contributed by atoms with Crippen molar-refractivity contribution in [2.75, 3.05) is 0 Å². The summed E-state index contributed by atoms with van der Waals surface area (Å²) in [4.78, 5) is 10.4. The molecular weight excluding hydrogens is 202 g/mol. The van der Waals surface area contributed by atoms with Gasteiger partial charge in [0.25, 0.3) is 0 Å². The maximum atomic E-state index is 10.4. The maximum absolute atomic E-state index is 10.4. The van der Waals surface area contributed by atoms with Gasteiger partial charge < -0.3 is 26.5 Å². The topological polar surface area (TPSA) is 135 Å². The largest absolute Gasteiger partial charge is 0.508 e. The van der Waals surface area contributed by atoms with E-state index < -0.39 is 12.0 Å².